The van der Waals surface area contributed by atoms with E-state index in [1.54, 1.807) is 33.9 Å². The van der Waals surface area contributed by atoms with Gasteiger partial charge in [-0.2, -0.15) is 0 Å². The molecule has 0 saturated carbocycles. The Kier molecular flexibility index (Phi) is 5.48. The van der Waals surface area contributed by atoms with Crippen LogP contribution in [-0.2, 0) is 11.2 Å². The highest BCUT2D eigenvalue weighted by Gasteiger charge is 2.34. The lowest BCUT2D eigenvalue weighted by atomic mass is 10.0. The Morgan fingerprint density at radius 2 is 1.44 bits per heavy atom. The van der Waals surface area contributed by atoms with Crippen molar-refractivity contribution in [3.8, 4) is 17.3 Å². The third kappa shape index (κ3) is 3.71. The van der Waals surface area contributed by atoms with Crippen molar-refractivity contribution in [2.75, 3.05) is 30.0 Å². The topological polar surface area (TPSA) is 98.4 Å². The molecule has 0 N–H and O–H groups in total. The van der Waals surface area contributed by atoms with E-state index < -0.39 is 0 Å². The number of amides is 2. The molecule has 1 saturated heterocycles. The molecule has 0 bridgehead atoms. The minimum atomic E-state index is -0.138. The van der Waals surface area contributed by atoms with Crippen LogP contribution in [0.25, 0.3) is 11.5 Å². The van der Waals surface area contributed by atoms with Gasteiger partial charge in [-0.05, 0) is 67.8 Å². The number of piperidine rings is 1. The molecule has 2 aromatic carbocycles. The first-order valence-corrected chi connectivity index (χ1v) is 12.0. The minimum absolute atomic E-state index is 0.138. The van der Waals surface area contributed by atoms with Crippen molar-refractivity contribution in [3.63, 3.8) is 0 Å². The maximum absolute atomic E-state index is 13.9. The van der Waals surface area contributed by atoms with Crippen LogP contribution >= 0.6 is 0 Å². The van der Waals surface area contributed by atoms with Gasteiger partial charge in [-0.15, -0.1) is 15.3 Å². The smallest absolute Gasteiger partial charge is 0.277 e. The van der Waals surface area contributed by atoms with E-state index in [1.807, 2.05) is 53.4 Å². The molecular formula is C26H25N7O3. The first-order chi connectivity index (χ1) is 17.6. The first-order valence-electron chi connectivity index (χ1n) is 12.0. The quantitative estimate of drug-likeness (QED) is 0.432. The van der Waals surface area contributed by atoms with Crippen molar-refractivity contribution in [2.45, 2.75) is 25.7 Å². The number of methoxy groups -OCH3 is 1. The summed E-state index contributed by atoms with van der Waals surface area (Å²) in [5.41, 5.74) is 3.76. The number of ether oxygens (including phenoxy) is 1. The number of nitrogens with zero attached hydrogens (tertiary/aromatic N) is 7. The summed E-state index contributed by atoms with van der Waals surface area (Å²) in [6.45, 7) is 1.24. The summed E-state index contributed by atoms with van der Waals surface area (Å²) in [6, 6.07) is 15.1. The minimum Gasteiger partial charge on any atom is -0.497 e. The summed E-state index contributed by atoms with van der Waals surface area (Å²) in [4.78, 5) is 29.8. The van der Waals surface area contributed by atoms with Crippen LogP contribution in [0.15, 0.2) is 61.2 Å². The molecule has 36 heavy (non-hydrogen) atoms. The molecule has 10 heteroatoms. The number of rotatable bonds is 5. The number of benzene rings is 2. The van der Waals surface area contributed by atoms with Gasteiger partial charge < -0.3 is 14.5 Å². The lowest BCUT2D eigenvalue weighted by molar-refractivity contribution is -0.119. The van der Waals surface area contributed by atoms with Gasteiger partial charge in [0, 0.05) is 36.4 Å². The van der Waals surface area contributed by atoms with Crippen LogP contribution in [0, 0.1) is 0 Å². The lowest BCUT2D eigenvalue weighted by Crippen LogP contribution is -2.39. The SMILES string of the molecule is COc1ccc(-n2nc(-n3cnnc3)c3c2C(=O)N(c2ccc(N4CCCCC4=O)cc2)CC3)cc1. The second kappa shape index (κ2) is 8.95. The highest BCUT2D eigenvalue weighted by atomic mass is 16.5. The van der Waals surface area contributed by atoms with E-state index in [9.17, 15) is 9.59 Å². The number of carbonyl (C=O) groups is 2. The number of fused-ring (bicyclic) bond motifs is 1. The van der Waals surface area contributed by atoms with Gasteiger partial charge in [0.1, 0.15) is 24.1 Å². The van der Waals surface area contributed by atoms with Gasteiger partial charge in [0.25, 0.3) is 5.91 Å². The van der Waals surface area contributed by atoms with Crippen LogP contribution in [-0.4, -0.2) is 56.6 Å². The fraction of sp³-hybridized carbons (Fsp3) is 0.269. The highest BCUT2D eigenvalue weighted by molar-refractivity contribution is 6.08. The molecule has 182 valence electrons. The molecule has 10 nitrogen and oxygen atoms in total. The summed E-state index contributed by atoms with van der Waals surface area (Å²) in [6.07, 6.45) is 6.31. The Bertz CT molecular complexity index is 1410. The molecule has 1 fully saturated rings. The predicted molar refractivity (Wildman–Crippen MR) is 133 cm³/mol. The van der Waals surface area contributed by atoms with E-state index in [-0.39, 0.29) is 11.8 Å². The normalized spacial score (nSPS) is 15.8. The van der Waals surface area contributed by atoms with Crippen molar-refractivity contribution in [1.82, 2.24) is 24.5 Å². The van der Waals surface area contributed by atoms with Gasteiger partial charge in [0.2, 0.25) is 5.91 Å². The molecular weight excluding hydrogens is 458 g/mol. The average Bonchev–Trinajstić information content (AvgIpc) is 3.58. The van der Waals surface area contributed by atoms with Gasteiger partial charge in [0.15, 0.2) is 5.82 Å². The zero-order valence-corrected chi connectivity index (χ0v) is 19.9. The fourth-order valence-electron chi connectivity index (χ4n) is 4.91. The van der Waals surface area contributed by atoms with Crippen molar-refractivity contribution in [1.29, 1.82) is 0 Å². The number of hydrogen-bond donors (Lipinski definition) is 0. The van der Waals surface area contributed by atoms with Crippen molar-refractivity contribution >= 4 is 23.2 Å². The number of hydrogen-bond acceptors (Lipinski definition) is 6. The van der Waals surface area contributed by atoms with Crippen molar-refractivity contribution in [3.05, 3.63) is 72.4 Å². The van der Waals surface area contributed by atoms with E-state index in [1.165, 1.54) is 0 Å². The van der Waals surface area contributed by atoms with Crippen molar-refractivity contribution < 1.29 is 14.3 Å². The van der Waals surface area contributed by atoms with Crippen LogP contribution < -0.4 is 14.5 Å². The molecule has 6 rings (SSSR count). The van der Waals surface area contributed by atoms with Crippen molar-refractivity contribution in [2.24, 2.45) is 0 Å². The molecule has 0 aliphatic carbocycles. The summed E-state index contributed by atoms with van der Waals surface area (Å²) >= 11 is 0. The number of aromatic nitrogens is 5. The Morgan fingerprint density at radius 3 is 2.11 bits per heavy atom. The maximum Gasteiger partial charge on any atom is 0.277 e. The van der Waals surface area contributed by atoms with Crippen LogP contribution in [0.2, 0.25) is 0 Å². The molecule has 4 aromatic rings. The van der Waals surface area contributed by atoms with Gasteiger partial charge in [-0.1, -0.05) is 0 Å². The van der Waals surface area contributed by atoms with E-state index in [0.29, 0.717) is 30.9 Å². The van der Waals surface area contributed by atoms with Gasteiger partial charge >= 0.3 is 0 Å². The van der Waals surface area contributed by atoms with Gasteiger partial charge in [-0.3, -0.25) is 14.2 Å². The zero-order valence-electron chi connectivity index (χ0n) is 19.9. The fourth-order valence-corrected chi connectivity index (χ4v) is 4.91. The highest BCUT2D eigenvalue weighted by Crippen LogP contribution is 2.32. The Morgan fingerprint density at radius 1 is 0.778 bits per heavy atom. The average molecular weight is 484 g/mol. The molecule has 2 amide bonds. The van der Waals surface area contributed by atoms with E-state index in [2.05, 4.69) is 10.2 Å². The standard InChI is InChI=1S/C26H25N7O3/c1-36-21-11-9-20(10-12-21)33-24-22(25(29-33)30-16-27-28-17-30)13-15-32(26(24)35)19-7-5-18(6-8-19)31-14-3-2-4-23(31)34/h5-12,16-17H,2-4,13-15H2,1H3. The van der Waals surface area contributed by atoms with E-state index in [0.717, 1.165) is 47.8 Å². The molecule has 0 unspecified atom stereocenters. The summed E-state index contributed by atoms with van der Waals surface area (Å²) < 4.78 is 8.70. The second-order valence-electron chi connectivity index (χ2n) is 8.86. The summed E-state index contributed by atoms with van der Waals surface area (Å²) in [7, 11) is 1.61. The van der Waals surface area contributed by atoms with Gasteiger partial charge in [0.05, 0.1) is 12.8 Å². The molecule has 2 aliphatic rings. The third-order valence-electron chi connectivity index (χ3n) is 6.77. The second-order valence-corrected chi connectivity index (χ2v) is 8.86. The predicted octanol–water partition coefficient (Wildman–Crippen LogP) is 3.18. The Hall–Kier alpha value is -4.47. The molecule has 2 aliphatic heterocycles. The molecule has 4 heterocycles. The van der Waals surface area contributed by atoms with Crippen LogP contribution in [0.4, 0.5) is 11.4 Å². The third-order valence-corrected chi connectivity index (χ3v) is 6.77. The molecule has 0 atom stereocenters. The lowest BCUT2D eigenvalue weighted by Gasteiger charge is -2.29. The Balaban J connectivity index is 1.37. The number of anilines is 2. The monoisotopic (exact) mass is 483 g/mol. The molecule has 0 radical (unpaired) electrons. The molecule has 0 spiro atoms. The summed E-state index contributed by atoms with van der Waals surface area (Å²) in [5.74, 6) is 1.37. The first kappa shape index (κ1) is 22.0. The van der Waals surface area contributed by atoms with Gasteiger partial charge in [-0.25, -0.2) is 4.68 Å². The molecule has 2 aromatic heterocycles. The van der Waals surface area contributed by atoms with Crippen LogP contribution in [0.3, 0.4) is 0 Å². The van der Waals surface area contributed by atoms with Crippen LogP contribution in [0.1, 0.15) is 35.3 Å². The Labute approximate surface area is 207 Å². The number of carbonyl (C=O) groups excluding carboxylic acids is 2. The zero-order chi connectivity index (χ0) is 24.6. The van der Waals surface area contributed by atoms with Crippen LogP contribution in [0.5, 0.6) is 5.75 Å². The maximum atomic E-state index is 13.9. The largest absolute Gasteiger partial charge is 0.497 e. The summed E-state index contributed by atoms with van der Waals surface area (Å²) in [5, 5.41) is 12.6. The van der Waals surface area contributed by atoms with E-state index in [4.69, 9.17) is 9.84 Å². The van der Waals surface area contributed by atoms with E-state index >= 15 is 0 Å².